The van der Waals surface area contributed by atoms with E-state index >= 15 is 0 Å². The summed E-state index contributed by atoms with van der Waals surface area (Å²) in [6.45, 7) is 2.13. The molecule has 4 rings (SSSR count). The molecular weight excluding hydrogens is 300 g/mol. The summed E-state index contributed by atoms with van der Waals surface area (Å²) in [4.78, 5) is 0. The molecule has 0 saturated heterocycles. The zero-order valence-corrected chi connectivity index (χ0v) is 13.2. The van der Waals surface area contributed by atoms with Crippen LogP contribution in [-0.2, 0) is 6.42 Å². The molecule has 118 valence electrons. The van der Waals surface area contributed by atoms with Crippen molar-refractivity contribution in [3.8, 4) is 28.3 Å². The van der Waals surface area contributed by atoms with Crippen molar-refractivity contribution in [3.05, 3.63) is 66.4 Å². The van der Waals surface area contributed by atoms with E-state index < -0.39 is 0 Å². The van der Waals surface area contributed by atoms with E-state index in [1.807, 2.05) is 42.5 Å². The molecule has 0 saturated carbocycles. The molecule has 2 heterocycles. The second kappa shape index (κ2) is 6.08. The van der Waals surface area contributed by atoms with E-state index in [0.717, 1.165) is 28.9 Å². The predicted molar refractivity (Wildman–Crippen MR) is 91.5 cm³/mol. The van der Waals surface area contributed by atoms with E-state index in [4.69, 9.17) is 0 Å². The molecule has 2 aromatic heterocycles. The van der Waals surface area contributed by atoms with Crippen LogP contribution in [0.25, 0.3) is 28.3 Å². The Morgan fingerprint density at radius 1 is 1.00 bits per heavy atom. The van der Waals surface area contributed by atoms with Gasteiger partial charge in [0.2, 0.25) is 0 Å². The minimum absolute atomic E-state index is 0.659. The van der Waals surface area contributed by atoms with Gasteiger partial charge < -0.3 is 0 Å². The van der Waals surface area contributed by atoms with Crippen molar-refractivity contribution in [1.29, 1.82) is 0 Å². The lowest BCUT2D eigenvalue weighted by Gasteiger charge is -2.06. The Morgan fingerprint density at radius 2 is 1.79 bits per heavy atom. The van der Waals surface area contributed by atoms with Crippen LogP contribution in [0.3, 0.4) is 0 Å². The number of aromatic amines is 1. The Kier molecular flexibility index (Phi) is 3.63. The number of H-pyrrole nitrogens is 1. The first-order chi connectivity index (χ1) is 11.9. The van der Waals surface area contributed by atoms with Gasteiger partial charge in [0.15, 0.2) is 5.82 Å². The van der Waals surface area contributed by atoms with Gasteiger partial charge in [0.1, 0.15) is 0 Å². The van der Waals surface area contributed by atoms with Gasteiger partial charge in [-0.2, -0.15) is 9.78 Å². The average Bonchev–Trinajstić information content (AvgIpc) is 3.31. The van der Waals surface area contributed by atoms with Gasteiger partial charge in [-0.1, -0.05) is 49.4 Å². The van der Waals surface area contributed by atoms with Gasteiger partial charge >= 0.3 is 0 Å². The van der Waals surface area contributed by atoms with Crippen LogP contribution in [0.4, 0.5) is 0 Å². The largest absolute Gasteiger partial charge is 0.277 e. The Balaban J connectivity index is 1.80. The Morgan fingerprint density at radius 3 is 2.54 bits per heavy atom. The monoisotopic (exact) mass is 316 g/mol. The zero-order valence-electron chi connectivity index (χ0n) is 13.2. The molecule has 0 fully saturated rings. The van der Waals surface area contributed by atoms with E-state index in [1.165, 1.54) is 5.56 Å². The summed E-state index contributed by atoms with van der Waals surface area (Å²) in [7, 11) is 0. The van der Waals surface area contributed by atoms with E-state index in [-0.39, 0.29) is 0 Å². The molecule has 0 radical (unpaired) electrons. The third kappa shape index (κ3) is 2.48. The summed E-state index contributed by atoms with van der Waals surface area (Å²) < 4.78 is 1.73. The lowest BCUT2D eigenvalue weighted by Crippen LogP contribution is -2.00. The van der Waals surface area contributed by atoms with E-state index in [9.17, 15) is 0 Å². The maximum atomic E-state index is 4.21. The summed E-state index contributed by atoms with van der Waals surface area (Å²) in [6.07, 6.45) is 2.76. The highest BCUT2D eigenvalue weighted by Gasteiger charge is 2.17. The van der Waals surface area contributed by atoms with Gasteiger partial charge in [0, 0.05) is 5.56 Å². The fourth-order valence-corrected chi connectivity index (χ4v) is 2.68. The lowest BCUT2D eigenvalue weighted by molar-refractivity contribution is 0.791. The Hall–Kier alpha value is -3.28. The van der Waals surface area contributed by atoms with Crippen molar-refractivity contribution in [2.24, 2.45) is 0 Å². The van der Waals surface area contributed by atoms with Crippen LogP contribution in [0, 0.1) is 0 Å². The third-order valence-electron chi connectivity index (χ3n) is 4.00. The van der Waals surface area contributed by atoms with E-state index in [0.29, 0.717) is 5.82 Å². The van der Waals surface area contributed by atoms with Gasteiger partial charge in [-0.3, -0.25) is 5.10 Å². The van der Waals surface area contributed by atoms with Crippen LogP contribution in [-0.4, -0.2) is 30.4 Å². The molecule has 1 N–H and O–H groups in total. The number of benzene rings is 2. The summed E-state index contributed by atoms with van der Waals surface area (Å²) in [6, 6.07) is 18.3. The topological polar surface area (TPSA) is 72.3 Å². The first-order valence-electron chi connectivity index (χ1n) is 7.83. The highest BCUT2D eigenvalue weighted by atomic mass is 15.5. The molecule has 6 nitrogen and oxygen atoms in total. The molecule has 0 spiro atoms. The SMILES string of the molecule is CCc1ccc(-n2nnnc2-c2cn[nH]c2-c2ccccc2)cc1. The van der Waals surface area contributed by atoms with Crippen molar-refractivity contribution in [1.82, 2.24) is 30.4 Å². The number of rotatable bonds is 4. The maximum absolute atomic E-state index is 4.21. The lowest BCUT2D eigenvalue weighted by atomic mass is 10.1. The van der Waals surface area contributed by atoms with Gasteiger partial charge in [-0.15, -0.1) is 5.10 Å². The molecule has 0 unspecified atom stereocenters. The minimum Gasteiger partial charge on any atom is -0.277 e. The smallest absolute Gasteiger partial charge is 0.190 e. The standard InChI is InChI=1S/C18H16N6/c1-2-13-8-10-15(11-9-13)24-18(21-22-23-24)16-12-19-20-17(16)14-6-4-3-5-7-14/h3-12H,2H2,1H3,(H,19,20). The fourth-order valence-electron chi connectivity index (χ4n) is 2.68. The molecule has 0 aliphatic heterocycles. The van der Waals surface area contributed by atoms with Crippen molar-refractivity contribution in [2.45, 2.75) is 13.3 Å². The minimum atomic E-state index is 0.659. The van der Waals surface area contributed by atoms with Crippen molar-refractivity contribution in [3.63, 3.8) is 0 Å². The van der Waals surface area contributed by atoms with E-state index in [1.54, 1.807) is 10.9 Å². The normalized spacial score (nSPS) is 10.9. The van der Waals surface area contributed by atoms with Crippen LogP contribution < -0.4 is 0 Å². The summed E-state index contributed by atoms with van der Waals surface area (Å²) in [5.74, 6) is 0.659. The maximum Gasteiger partial charge on any atom is 0.190 e. The Bertz CT molecular complexity index is 937. The number of tetrazole rings is 1. The molecule has 0 aliphatic rings. The van der Waals surface area contributed by atoms with Gasteiger partial charge in [-0.25, -0.2) is 0 Å². The van der Waals surface area contributed by atoms with Gasteiger partial charge in [-0.05, 0) is 34.5 Å². The fraction of sp³-hybridized carbons (Fsp3) is 0.111. The van der Waals surface area contributed by atoms with Crippen LogP contribution in [0.15, 0.2) is 60.8 Å². The zero-order chi connectivity index (χ0) is 16.4. The summed E-state index contributed by atoms with van der Waals surface area (Å²) in [5.41, 5.74) is 5.01. The van der Waals surface area contributed by atoms with Crippen LogP contribution >= 0.6 is 0 Å². The van der Waals surface area contributed by atoms with Crippen LogP contribution in [0.1, 0.15) is 12.5 Å². The highest BCUT2D eigenvalue weighted by Crippen LogP contribution is 2.29. The quantitative estimate of drug-likeness (QED) is 0.627. The second-order valence-electron chi connectivity index (χ2n) is 5.46. The van der Waals surface area contributed by atoms with Crippen molar-refractivity contribution < 1.29 is 0 Å². The molecule has 0 atom stereocenters. The van der Waals surface area contributed by atoms with Gasteiger partial charge in [0.25, 0.3) is 0 Å². The molecule has 0 aliphatic carbocycles. The van der Waals surface area contributed by atoms with Crippen LogP contribution in [0.2, 0.25) is 0 Å². The number of aryl methyl sites for hydroxylation is 1. The van der Waals surface area contributed by atoms with Gasteiger partial charge in [0.05, 0.1) is 23.1 Å². The molecular formula is C18H16N6. The molecule has 2 aromatic carbocycles. The van der Waals surface area contributed by atoms with E-state index in [2.05, 4.69) is 44.8 Å². The number of hydrogen-bond donors (Lipinski definition) is 1. The van der Waals surface area contributed by atoms with Crippen molar-refractivity contribution in [2.75, 3.05) is 0 Å². The Labute approximate surface area is 139 Å². The third-order valence-corrected chi connectivity index (χ3v) is 4.00. The van der Waals surface area contributed by atoms with Crippen LogP contribution in [0.5, 0.6) is 0 Å². The number of hydrogen-bond acceptors (Lipinski definition) is 4. The highest BCUT2D eigenvalue weighted by molar-refractivity contribution is 5.77. The summed E-state index contributed by atoms with van der Waals surface area (Å²) >= 11 is 0. The molecule has 0 amide bonds. The molecule has 4 aromatic rings. The first kappa shape index (κ1) is 14.3. The summed E-state index contributed by atoms with van der Waals surface area (Å²) in [5, 5.41) is 19.4. The average molecular weight is 316 g/mol. The number of nitrogens with one attached hydrogen (secondary N) is 1. The molecule has 0 bridgehead atoms. The molecule has 6 heteroatoms. The molecule has 24 heavy (non-hydrogen) atoms. The van der Waals surface area contributed by atoms with Crippen molar-refractivity contribution >= 4 is 0 Å². The predicted octanol–water partition coefficient (Wildman–Crippen LogP) is 3.28. The first-order valence-corrected chi connectivity index (χ1v) is 7.83. The number of aromatic nitrogens is 6. The second-order valence-corrected chi connectivity index (χ2v) is 5.46. The number of nitrogens with zero attached hydrogens (tertiary/aromatic N) is 5.